The van der Waals surface area contributed by atoms with E-state index in [-0.39, 0.29) is 5.91 Å². The number of nitrogens with zero attached hydrogens (tertiary/aromatic N) is 2. The fourth-order valence-corrected chi connectivity index (χ4v) is 2.23. The number of benzene rings is 1. The maximum absolute atomic E-state index is 12.2. The molecule has 0 saturated carbocycles. The molecule has 1 aromatic carbocycles. The largest absolute Gasteiger partial charge is 0.481 e. The number of ether oxygens (including phenoxy) is 1. The first-order valence-electron chi connectivity index (χ1n) is 6.58. The zero-order valence-electron chi connectivity index (χ0n) is 11.3. The van der Waals surface area contributed by atoms with Crippen molar-refractivity contribution in [2.75, 3.05) is 13.1 Å². The molecule has 4 nitrogen and oxygen atoms in total. The molecular formula is C15H18N2O2. The van der Waals surface area contributed by atoms with Crippen molar-refractivity contribution in [3.05, 3.63) is 29.3 Å². The number of carbonyl (C=O) groups excluding carboxylic acids is 1. The average Bonchev–Trinajstić information content (AvgIpc) is 2.94. The van der Waals surface area contributed by atoms with Gasteiger partial charge in [-0.05, 0) is 44.4 Å². The van der Waals surface area contributed by atoms with Crippen LogP contribution < -0.4 is 4.74 Å². The zero-order valence-corrected chi connectivity index (χ0v) is 11.3. The highest BCUT2D eigenvalue weighted by Crippen LogP contribution is 2.21. The maximum Gasteiger partial charge on any atom is 0.263 e. The summed E-state index contributed by atoms with van der Waals surface area (Å²) in [5.41, 5.74) is 1.47. The smallest absolute Gasteiger partial charge is 0.263 e. The van der Waals surface area contributed by atoms with E-state index in [0.29, 0.717) is 11.3 Å². The van der Waals surface area contributed by atoms with E-state index in [1.165, 1.54) is 0 Å². The van der Waals surface area contributed by atoms with Crippen molar-refractivity contribution in [3.8, 4) is 11.8 Å². The van der Waals surface area contributed by atoms with Gasteiger partial charge in [0, 0.05) is 13.1 Å². The van der Waals surface area contributed by atoms with Crippen LogP contribution in [0.1, 0.15) is 30.9 Å². The summed E-state index contributed by atoms with van der Waals surface area (Å²) in [5, 5.41) is 8.89. The molecule has 19 heavy (non-hydrogen) atoms. The van der Waals surface area contributed by atoms with Crippen molar-refractivity contribution in [2.45, 2.75) is 32.8 Å². The molecule has 0 bridgehead atoms. The molecule has 100 valence electrons. The van der Waals surface area contributed by atoms with E-state index in [2.05, 4.69) is 6.07 Å². The maximum atomic E-state index is 12.2. The Bertz CT molecular complexity index is 513. The Kier molecular flexibility index (Phi) is 4.06. The lowest BCUT2D eigenvalue weighted by Crippen LogP contribution is -2.38. The number of likely N-dealkylation sites (tertiary alicyclic amines) is 1. The third-order valence-corrected chi connectivity index (χ3v) is 3.39. The first-order valence-corrected chi connectivity index (χ1v) is 6.58. The first-order chi connectivity index (χ1) is 9.11. The number of carbonyl (C=O) groups is 1. The Balaban J connectivity index is 2.07. The molecule has 2 rings (SSSR count). The Morgan fingerprint density at radius 1 is 1.42 bits per heavy atom. The van der Waals surface area contributed by atoms with Gasteiger partial charge in [0.15, 0.2) is 6.10 Å². The van der Waals surface area contributed by atoms with E-state index >= 15 is 0 Å². The second kappa shape index (κ2) is 5.75. The van der Waals surface area contributed by atoms with Gasteiger partial charge in [-0.2, -0.15) is 5.26 Å². The minimum atomic E-state index is -0.509. The summed E-state index contributed by atoms with van der Waals surface area (Å²) in [6.07, 6.45) is 1.63. The van der Waals surface area contributed by atoms with Crippen molar-refractivity contribution in [3.63, 3.8) is 0 Å². The van der Waals surface area contributed by atoms with Crippen LogP contribution in [0.4, 0.5) is 0 Å². The van der Waals surface area contributed by atoms with Gasteiger partial charge >= 0.3 is 0 Å². The van der Waals surface area contributed by atoms with Gasteiger partial charge in [0.05, 0.1) is 11.6 Å². The lowest BCUT2D eigenvalue weighted by Gasteiger charge is -2.22. The third kappa shape index (κ3) is 3.05. The van der Waals surface area contributed by atoms with Gasteiger partial charge in [-0.25, -0.2) is 0 Å². The number of aryl methyl sites for hydroxylation is 1. The van der Waals surface area contributed by atoms with Crippen LogP contribution in [0.3, 0.4) is 0 Å². The molecule has 1 aromatic rings. The molecule has 1 aliphatic heterocycles. The molecule has 4 heteroatoms. The van der Waals surface area contributed by atoms with Gasteiger partial charge in [0.25, 0.3) is 5.91 Å². The highest BCUT2D eigenvalue weighted by Gasteiger charge is 2.24. The topological polar surface area (TPSA) is 53.3 Å². The van der Waals surface area contributed by atoms with E-state index in [9.17, 15) is 4.79 Å². The van der Waals surface area contributed by atoms with Crippen LogP contribution in [-0.2, 0) is 4.79 Å². The summed E-state index contributed by atoms with van der Waals surface area (Å²) in [6.45, 7) is 5.32. The third-order valence-electron chi connectivity index (χ3n) is 3.39. The van der Waals surface area contributed by atoms with Crippen molar-refractivity contribution >= 4 is 5.91 Å². The molecule has 1 aliphatic rings. The summed E-state index contributed by atoms with van der Waals surface area (Å²) in [6, 6.07) is 7.34. The monoisotopic (exact) mass is 258 g/mol. The number of rotatable bonds is 3. The van der Waals surface area contributed by atoms with Gasteiger partial charge in [-0.1, -0.05) is 6.07 Å². The van der Waals surface area contributed by atoms with E-state index in [1.54, 1.807) is 19.1 Å². The lowest BCUT2D eigenvalue weighted by atomic mass is 10.1. The molecule has 1 amide bonds. The van der Waals surface area contributed by atoms with Crippen molar-refractivity contribution < 1.29 is 9.53 Å². The highest BCUT2D eigenvalue weighted by molar-refractivity contribution is 5.81. The zero-order chi connectivity index (χ0) is 13.8. The summed E-state index contributed by atoms with van der Waals surface area (Å²) in [5.74, 6) is 0.637. The molecule has 1 atom stereocenters. The molecular weight excluding hydrogens is 240 g/mol. The predicted molar refractivity (Wildman–Crippen MR) is 71.8 cm³/mol. The van der Waals surface area contributed by atoms with Crippen LogP contribution in [0.25, 0.3) is 0 Å². The van der Waals surface area contributed by atoms with E-state index in [0.717, 1.165) is 31.5 Å². The number of hydrogen-bond acceptors (Lipinski definition) is 3. The van der Waals surface area contributed by atoms with E-state index in [1.807, 2.05) is 17.9 Å². The Hall–Kier alpha value is -2.02. The van der Waals surface area contributed by atoms with Crippen molar-refractivity contribution in [2.24, 2.45) is 0 Å². The summed E-state index contributed by atoms with van der Waals surface area (Å²) in [4.78, 5) is 14.0. The minimum absolute atomic E-state index is 0.0271. The van der Waals surface area contributed by atoms with Crippen molar-refractivity contribution in [1.82, 2.24) is 4.90 Å². The lowest BCUT2D eigenvalue weighted by molar-refractivity contribution is -0.136. The standard InChI is InChI=1S/C15H18N2O2/c1-11-5-6-13(10-16)9-14(11)19-12(2)15(18)17-7-3-4-8-17/h5-6,9,12H,3-4,7-8H2,1-2H3. The van der Waals surface area contributed by atoms with E-state index < -0.39 is 6.10 Å². The molecule has 1 fully saturated rings. The van der Waals surface area contributed by atoms with E-state index in [4.69, 9.17) is 10.00 Å². The van der Waals surface area contributed by atoms with Gasteiger partial charge in [0.1, 0.15) is 5.75 Å². The number of nitriles is 1. The molecule has 1 unspecified atom stereocenters. The molecule has 0 radical (unpaired) electrons. The second-order valence-electron chi connectivity index (χ2n) is 4.88. The summed E-state index contributed by atoms with van der Waals surface area (Å²) < 4.78 is 5.72. The molecule has 0 aliphatic carbocycles. The first kappa shape index (κ1) is 13.4. The van der Waals surface area contributed by atoms with Gasteiger partial charge < -0.3 is 9.64 Å². The number of hydrogen-bond donors (Lipinski definition) is 0. The fourth-order valence-electron chi connectivity index (χ4n) is 2.23. The summed E-state index contributed by atoms with van der Waals surface area (Å²) in [7, 11) is 0. The van der Waals surface area contributed by atoms with Crippen LogP contribution in [0, 0.1) is 18.3 Å². The molecule has 1 heterocycles. The van der Waals surface area contributed by atoms with Crippen LogP contribution >= 0.6 is 0 Å². The minimum Gasteiger partial charge on any atom is -0.481 e. The second-order valence-corrected chi connectivity index (χ2v) is 4.88. The quantitative estimate of drug-likeness (QED) is 0.835. The normalized spacial score (nSPS) is 15.9. The average molecular weight is 258 g/mol. The molecule has 0 aromatic heterocycles. The Morgan fingerprint density at radius 2 is 2.11 bits per heavy atom. The van der Waals surface area contributed by atoms with Gasteiger partial charge in [-0.3, -0.25) is 4.79 Å². The fraction of sp³-hybridized carbons (Fsp3) is 0.467. The molecule has 0 N–H and O–H groups in total. The molecule has 0 spiro atoms. The molecule has 1 saturated heterocycles. The van der Waals surface area contributed by atoms with Crippen LogP contribution in [0.2, 0.25) is 0 Å². The SMILES string of the molecule is Cc1ccc(C#N)cc1OC(C)C(=O)N1CCCC1. The Labute approximate surface area is 113 Å². The van der Waals surface area contributed by atoms with Crippen molar-refractivity contribution in [1.29, 1.82) is 5.26 Å². The van der Waals surface area contributed by atoms with Crippen LogP contribution in [0.5, 0.6) is 5.75 Å². The highest BCUT2D eigenvalue weighted by atomic mass is 16.5. The Morgan fingerprint density at radius 3 is 2.74 bits per heavy atom. The van der Waals surface area contributed by atoms with Gasteiger partial charge in [-0.15, -0.1) is 0 Å². The summed E-state index contributed by atoms with van der Waals surface area (Å²) >= 11 is 0. The predicted octanol–water partition coefficient (Wildman–Crippen LogP) is 2.26. The van der Waals surface area contributed by atoms with Crippen LogP contribution in [-0.4, -0.2) is 30.0 Å². The van der Waals surface area contributed by atoms with Crippen LogP contribution in [0.15, 0.2) is 18.2 Å². The van der Waals surface area contributed by atoms with Gasteiger partial charge in [0.2, 0.25) is 0 Å². The number of amides is 1.